The molecule has 1 aromatic rings. The molecule has 0 radical (unpaired) electrons. The number of hydrogen-bond acceptors (Lipinski definition) is 3. The largest absolute Gasteiger partial charge is 0.450 e. The molecule has 16 heavy (non-hydrogen) atoms. The van der Waals surface area contributed by atoms with E-state index in [2.05, 4.69) is 0 Å². The van der Waals surface area contributed by atoms with Crippen molar-refractivity contribution in [3.05, 3.63) is 34.9 Å². The molecule has 0 aromatic heterocycles. The molecule has 0 fully saturated rings. The van der Waals surface area contributed by atoms with E-state index in [0.29, 0.717) is 6.07 Å². The van der Waals surface area contributed by atoms with Gasteiger partial charge < -0.3 is 4.74 Å². The fraction of sp³-hybridized carbons (Fsp3) is 0.273. The molecule has 5 heteroatoms. The van der Waals surface area contributed by atoms with Crippen LogP contribution < -0.4 is 0 Å². The highest BCUT2D eigenvalue weighted by Gasteiger charge is 2.32. The molecule has 0 saturated carbocycles. The van der Waals surface area contributed by atoms with Crippen molar-refractivity contribution in [2.75, 3.05) is 0 Å². The zero-order valence-electron chi connectivity index (χ0n) is 8.42. The lowest BCUT2D eigenvalue weighted by Crippen LogP contribution is -2.33. The summed E-state index contributed by atoms with van der Waals surface area (Å²) in [4.78, 5) is 22.5. The summed E-state index contributed by atoms with van der Waals surface area (Å²) in [5, 5.41) is 0. The topological polar surface area (TPSA) is 43.4 Å². The Morgan fingerprint density at radius 3 is 2.75 bits per heavy atom. The van der Waals surface area contributed by atoms with Crippen LogP contribution in [0.25, 0.3) is 0 Å². The van der Waals surface area contributed by atoms with Crippen LogP contribution in [0.5, 0.6) is 0 Å². The van der Waals surface area contributed by atoms with E-state index in [-0.39, 0.29) is 23.3 Å². The van der Waals surface area contributed by atoms with Crippen LogP contribution in [0.15, 0.2) is 12.1 Å². The van der Waals surface area contributed by atoms with Gasteiger partial charge in [-0.1, -0.05) is 0 Å². The van der Waals surface area contributed by atoms with Crippen LogP contribution >= 0.6 is 0 Å². The Morgan fingerprint density at radius 2 is 2.12 bits per heavy atom. The van der Waals surface area contributed by atoms with E-state index in [1.807, 2.05) is 0 Å². The van der Waals surface area contributed by atoms with Crippen molar-refractivity contribution in [1.82, 2.24) is 0 Å². The Morgan fingerprint density at radius 1 is 1.44 bits per heavy atom. The molecule has 0 aliphatic carbocycles. The fourth-order valence-corrected chi connectivity index (χ4v) is 1.67. The van der Waals surface area contributed by atoms with Gasteiger partial charge in [0.25, 0.3) is 0 Å². The summed E-state index contributed by atoms with van der Waals surface area (Å²) in [6.07, 6.45) is -0.924. The number of benzene rings is 1. The van der Waals surface area contributed by atoms with Crippen LogP contribution in [0.4, 0.5) is 8.78 Å². The number of esters is 1. The number of hydrogen-bond donors (Lipinski definition) is 0. The first-order valence-electron chi connectivity index (χ1n) is 4.68. The van der Waals surface area contributed by atoms with Crippen molar-refractivity contribution >= 4 is 11.8 Å². The third-order valence-corrected chi connectivity index (χ3v) is 2.45. The number of fused-ring (bicyclic) bond motifs is 1. The molecule has 84 valence electrons. The molecule has 0 bridgehead atoms. The number of halogens is 2. The van der Waals surface area contributed by atoms with Gasteiger partial charge in [-0.25, -0.2) is 13.6 Å². The van der Waals surface area contributed by atoms with Gasteiger partial charge in [-0.05, 0) is 18.6 Å². The normalized spacial score (nSPS) is 18.9. The first-order valence-corrected chi connectivity index (χ1v) is 4.68. The van der Waals surface area contributed by atoms with E-state index in [1.54, 1.807) is 0 Å². The summed E-state index contributed by atoms with van der Waals surface area (Å²) in [5.41, 5.74) is -0.104. The maximum Gasteiger partial charge on any atom is 0.342 e. The van der Waals surface area contributed by atoms with E-state index >= 15 is 0 Å². The highest BCUT2D eigenvalue weighted by Crippen LogP contribution is 2.24. The first kappa shape index (κ1) is 10.7. The lowest BCUT2D eigenvalue weighted by atomic mass is 9.96. The molecule has 1 aliphatic heterocycles. The van der Waals surface area contributed by atoms with Gasteiger partial charge in [-0.3, -0.25) is 4.79 Å². The fourth-order valence-electron chi connectivity index (χ4n) is 1.67. The number of Topliss-reactive ketones (excluding diaryl/α,β-unsaturated/α-hetero) is 1. The average Bonchev–Trinajstić information content (AvgIpc) is 2.15. The van der Waals surface area contributed by atoms with Crippen LogP contribution in [-0.2, 0) is 16.0 Å². The minimum atomic E-state index is -0.956. The predicted octanol–water partition coefficient (Wildman–Crippen LogP) is 1.64. The van der Waals surface area contributed by atoms with E-state index in [9.17, 15) is 18.4 Å². The zero-order chi connectivity index (χ0) is 11.9. The van der Waals surface area contributed by atoms with E-state index < -0.39 is 23.7 Å². The molecular formula is C11H8F2O3. The van der Waals surface area contributed by atoms with Crippen molar-refractivity contribution in [2.45, 2.75) is 19.4 Å². The van der Waals surface area contributed by atoms with Crippen molar-refractivity contribution in [1.29, 1.82) is 0 Å². The van der Waals surface area contributed by atoms with Crippen LogP contribution in [0.1, 0.15) is 22.8 Å². The van der Waals surface area contributed by atoms with Crippen molar-refractivity contribution < 1.29 is 23.1 Å². The van der Waals surface area contributed by atoms with E-state index in [1.165, 1.54) is 6.92 Å². The third kappa shape index (κ3) is 1.68. The lowest BCUT2D eigenvalue weighted by molar-refractivity contribution is -0.125. The Kier molecular flexibility index (Phi) is 2.46. The van der Waals surface area contributed by atoms with Gasteiger partial charge in [0.05, 0.1) is 5.56 Å². The predicted molar refractivity (Wildman–Crippen MR) is 49.9 cm³/mol. The van der Waals surface area contributed by atoms with Gasteiger partial charge in [0.1, 0.15) is 11.6 Å². The molecule has 1 aromatic carbocycles. The molecule has 0 N–H and O–H groups in total. The maximum absolute atomic E-state index is 13.3. The molecule has 3 nitrogen and oxygen atoms in total. The number of carbonyl (C=O) groups is 2. The van der Waals surface area contributed by atoms with Gasteiger partial charge in [0.15, 0.2) is 11.9 Å². The summed E-state index contributed by atoms with van der Waals surface area (Å²) in [5.74, 6) is -2.99. The lowest BCUT2D eigenvalue weighted by Gasteiger charge is -2.22. The smallest absolute Gasteiger partial charge is 0.342 e. The quantitative estimate of drug-likeness (QED) is 0.683. The molecule has 2 rings (SSSR count). The van der Waals surface area contributed by atoms with Gasteiger partial charge in [0, 0.05) is 12.5 Å². The van der Waals surface area contributed by atoms with E-state index in [4.69, 9.17) is 4.74 Å². The molecule has 0 spiro atoms. The first-order chi connectivity index (χ1) is 7.49. The minimum absolute atomic E-state index is 0.0189. The van der Waals surface area contributed by atoms with Gasteiger partial charge in [-0.15, -0.1) is 0 Å². The average molecular weight is 226 g/mol. The summed E-state index contributed by atoms with van der Waals surface area (Å²) in [7, 11) is 0. The number of rotatable bonds is 1. The van der Waals surface area contributed by atoms with Gasteiger partial charge in [0.2, 0.25) is 0 Å². The van der Waals surface area contributed by atoms with Crippen molar-refractivity contribution in [3.63, 3.8) is 0 Å². The molecule has 1 atom stereocenters. The Bertz CT molecular complexity index is 482. The Hall–Kier alpha value is -1.78. The van der Waals surface area contributed by atoms with Crippen LogP contribution in [0.2, 0.25) is 0 Å². The zero-order valence-corrected chi connectivity index (χ0v) is 8.42. The second kappa shape index (κ2) is 3.66. The van der Waals surface area contributed by atoms with Crippen LogP contribution in [0.3, 0.4) is 0 Å². The molecule has 1 aliphatic rings. The van der Waals surface area contributed by atoms with Crippen molar-refractivity contribution in [3.8, 4) is 0 Å². The third-order valence-electron chi connectivity index (χ3n) is 2.45. The highest BCUT2D eigenvalue weighted by molar-refractivity contribution is 5.96. The summed E-state index contributed by atoms with van der Waals surface area (Å²) in [6, 6.07) is 1.67. The monoisotopic (exact) mass is 226 g/mol. The molecular weight excluding hydrogens is 218 g/mol. The van der Waals surface area contributed by atoms with Crippen LogP contribution in [-0.4, -0.2) is 17.9 Å². The minimum Gasteiger partial charge on any atom is -0.450 e. The number of cyclic esters (lactones) is 1. The molecule has 1 heterocycles. The Labute approximate surface area is 90.0 Å². The SMILES string of the molecule is CC(=O)C1Cc2cc(F)cc(F)c2C(=O)O1. The second-order valence-corrected chi connectivity index (χ2v) is 3.63. The highest BCUT2D eigenvalue weighted by atomic mass is 19.1. The van der Waals surface area contributed by atoms with Crippen molar-refractivity contribution in [2.24, 2.45) is 0 Å². The van der Waals surface area contributed by atoms with Gasteiger partial charge in [-0.2, -0.15) is 0 Å². The summed E-state index contributed by atoms with van der Waals surface area (Å²) in [6.45, 7) is 1.26. The Balaban J connectivity index is 2.50. The number of carbonyl (C=O) groups excluding carboxylic acids is 2. The molecule has 0 saturated heterocycles. The second-order valence-electron chi connectivity index (χ2n) is 3.63. The molecule has 0 amide bonds. The van der Waals surface area contributed by atoms with Crippen LogP contribution in [0, 0.1) is 11.6 Å². The van der Waals surface area contributed by atoms with E-state index in [0.717, 1.165) is 6.07 Å². The number of ketones is 1. The maximum atomic E-state index is 13.3. The molecule has 1 unspecified atom stereocenters. The van der Waals surface area contributed by atoms with Gasteiger partial charge >= 0.3 is 5.97 Å². The standard InChI is InChI=1S/C11H8F2O3/c1-5(14)9-3-6-2-7(12)4-8(13)10(6)11(15)16-9/h2,4,9H,3H2,1H3. The summed E-state index contributed by atoms with van der Waals surface area (Å²) < 4.78 is 31.0. The number of ether oxygens (including phenoxy) is 1. The summed E-state index contributed by atoms with van der Waals surface area (Å²) >= 11 is 0.